The number of hydrogen-bond donors (Lipinski definition) is 1. The highest BCUT2D eigenvalue weighted by Gasteiger charge is 2.33. The first kappa shape index (κ1) is 12.1. The minimum absolute atomic E-state index is 0.372. The summed E-state index contributed by atoms with van der Waals surface area (Å²) in [4.78, 5) is 7.02. The van der Waals surface area contributed by atoms with Gasteiger partial charge in [-0.15, -0.1) is 0 Å². The number of rotatable bonds is 3. The van der Waals surface area contributed by atoms with Gasteiger partial charge in [-0.3, -0.25) is 9.88 Å². The molecule has 0 aromatic carbocycles. The number of ether oxygens (including phenoxy) is 1. The molecule has 0 saturated carbocycles. The van der Waals surface area contributed by atoms with Gasteiger partial charge in [0.05, 0.1) is 18.4 Å². The number of pyridine rings is 1. The Balaban J connectivity index is 1.52. The number of nitrogens with one attached hydrogen (secondary N) is 1. The van der Waals surface area contributed by atoms with Crippen molar-refractivity contribution in [3.05, 3.63) is 29.6 Å². The van der Waals surface area contributed by atoms with E-state index in [1.54, 1.807) is 0 Å². The summed E-state index contributed by atoms with van der Waals surface area (Å²) in [7, 11) is 0. The SMILES string of the molecule is Cc1cccc(COC2CC3CNCCN3C2)n1. The van der Waals surface area contributed by atoms with Crippen LogP contribution in [0.4, 0.5) is 0 Å². The summed E-state index contributed by atoms with van der Waals surface area (Å²) in [6, 6.07) is 6.78. The molecule has 18 heavy (non-hydrogen) atoms. The van der Waals surface area contributed by atoms with Crippen LogP contribution in [0.3, 0.4) is 0 Å². The van der Waals surface area contributed by atoms with Crippen LogP contribution in [0.15, 0.2) is 18.2 Å². The first-order valence-electron chi connectivity index (χ1n) is 6.80. The fourth-order valence-corrected chi connectivity index (χ4v) is 2.92. The van der Waals surface area contributed by atoms with Gasteiger partial charge in [0.1, 0.15) is 0 Å². The molecule has 1 aromatic rings. The molecule has 0 radical (unpaired) electrons. The van der Waals surface area contributed by atoms with Gasteiger partial charge in [-0.1, -0.05) is 6.07 Å². The lowest BCUT2D eigenvalue weighted by Crippen LogP contribution is -2.47. The maximum absolute atomic E-state index is 6.00. The Morgan fingerprint density at radius 1 is 1.50 bits per heavy atom. The monoisotopic (exact) mass is 247 g/mol. The minimum Gasteiger partial charge on any atom is -0.371 e. The molecule has 0 spiro atoms. The molecule has 2 fully saturated rings. The van der Waals surface area contributed by atoms with Crippen molar-refractivity contribution in [1.82, 2.24) is 15.2 Å². The van der Waals surface area contributed by atoms with Crippen molar-refractivity contribution < 1.29 is 4.74 Å². The molecule has 0 bridgehead atoms. The molecule has 3 rings (SSSR count). The quantitative estimate of drug-likeness (QED) is 0.863. The lowest BCUT2D eigenvalue weighted by molar-refractivity contribution is 0.0449. The molecule has 4 heteroatoms. The zero-order chi connectivity index (χ0) is 12.4. The third-order valence-corrected chi connectivity index (χ3v) is 3.86. The summed E-state index contributed by atoms with van der Waals surface area (Å²) in [5.74, 6) is 0. The molecule has 3 heterocycles. The number of hydrogen-bond acceptors (Lipinski definition) is 4. The normalized spacial score (nSPS) is 28.3. The zero-order valence-corrected chi connectivity index (χ0v) is 10.9. The third kappa shape index (κ3) is 2.71. The number of aromatic nitrogens is 1. The van der Waals surface area contributed by atoms with Crippen molar-refractivity contribution >= 4 is 0 Å². The lowest BCUT2D eigenvalue weighted by atomic mass is 10.2. The number of fused-ring (bicyclic) bond motifs is 1. The van der Waals surface area contributed by atoms with Crippen LogP contribution in [0, 0.1) is 6.92 Å². The summed E-state index contributed by atoms with van der Waals surface area (Å²) in [5.41, 5.74) is 2.10. The predicted molar refractivity (Wildman–Crippen MR) is 70.4 cm³/mol. The van der Waals surface area contributed by atoms with Crippen LogP contribution in [0.5, 0.6) is 0 Å². The average molecular weight is 247 g/mol. The van der Waals surface area contributed by atoms with Gasteiger partial charge < -0.3 is 10.1 Å². The molecule has 2 saturated heterocycles. The molecule has 0 amide bonds. The summed E-state index contributed by atoms with van der Waals surface area (Å²) in [6.07, 6.45) is 1.52. The first-order valence-corrected chi connectivity index (χ1v) is 6.80. The maximum Gasteiger partial charge on any atom is 0.0892 e. The minimum atomic E-state index is 0.372. The van der Waals surface area contributed by atoms with Gasteiger partial charge >= 0.3 is 0 Å². The van der Waals surface area contributed by atoms with Crippen LogP contribution in [0.25, 0.3) is 0 Å². The first-order chi connectivity index (χ1) is 8.81. The largest absolute Gasteiger partial charge is 0.371 e. The highest BCUT2D eigenvalue weighted by Crippen LogP contribution is 2.21. The fraction of sp³-hybridized carbons (Fsp3) is 0.643. The Bertz CT molecular complexity index is 396. The Morgan fingerprint density at radius 2 is 2.44 bits per heavy atom. The summed E-state index contributed by atoms with van der Waals surface area (Å²) in [6.45, 7) is 7.13. The van der Waals surface area contributed by atoms with E-state index >= 15 is 0 Å². The van der Waals surface area contributed by atoms with E-state index in [2.05, 4.69) is 15.2 Å². The number of nitrogens with zero attached hydrogens (tertiary/aromatic N) is 2. The highest BCUT2D eigenvalue weighted by molar-refractivity contribution is 5.09. The smallest absolute Gasteiger partial charge is 0.0892 e. The van der Waals surface area contributed by atoms with Gasteiger partial charge in [-0.2, -0.15) is 0 Å². The fourth-order valence-electron chi connectivity index (χ4n) is 2.92. The lowest BCUT2D eigenvalue weighted by Gasteiger charge is -2.29. The molecule has 98 valence electrons. The zero-order valence-electron chi connectivity index (χ0n) is 10.9. The van der Waals surface area contributed by atoms with Crippen molar-refractivity contribution in [1.29, 1.82) is 0 Å². The van der Waals surface area contributed by atoms with Crippen molar-refractivity contribution in [2.45, 2.75) is 32.1 Å². The molecule has 2 aliphatic rings. The van der Waals surface area contributed by atoms with Gasteiger partial charge in [0.25, 0.3) is 0 Å². The Labute approximate surface area is 108 Å². The van der Waals surface area contributed by atoms with E-state index < -0.39 is 0 Å². The summed E-state index contributed by atoms with van der Waals surface area (Å²) < 4.78 is 6.00. The van der Waals surface area contributed by atoms with Crippen molar-refractivity contribution in [3.63, 3.8) is 0 Å². The average Bonchev–Trinajstić information content (AvgIpc) is 2.79. The summed E-state index contributed by atoms with van der Waals surface area (Å²) in [5, 5.41) is 3.45. The molecule has 0 aliphatic carbocycles. The van der Waals surface area contributed by atoms with Gasteiger partial charge in [-0.25, -0.2) is 0 Å². The van der Waals surface area contributed by atoms with Crippen LogP contribution in [0.1, 0.15) is 17.8 Å². The van der Waals surface area contributed by atoms with Gasteiger partial charge in [0, 0.05) is 37.9 Å². The van der Waals surface area contributed by atoms with Crippen LogP contribution in [0.2, 0.25) is 0 Å². The second kappa shape index (κ2) is 5.34. The predicted octanol–water partition coefficient (Wildman–Crippen LogP) is 0.953. The van der Waals surface area contributed by atoms with E-state index in [4.69, 9.17) is 4.74 Å². The topological polar surface area (TPSA) is 37.4 Å². The van der Waals surface area contributed by atoms with Crippen LogP contribution in [-0.4, -0.2) is 48.2 Å². The Hall–Kier alpha value is -0.970. The van der Waals surface area contributed by atoms with E-state index in [1.165, 1.54) is 0 Å². The van der Waals surface area contributed by atoms with Gasteiger partial charge in [-0.05, 0) is 25.5 Å². The molecule has 2 unspecified atom stereocenters. The molecular weight excluding hydrogens is 226 g/mol. The molecule has 2 atom stereocenters. The molecule has 1 aromatic heterocycles. The van der Waals surface area contributed by atoms with Gasteiger partial charge in [0.2, 0.25) is 0 Å². The van der Waals surface area contributed by atoms with E-state index in [0.29, 0.717) is 18.8 Å². The summed E-state index contributed by atoms with van der Waals surface area (Å²) >= 11 is 0. The van der Waals surface area contributed by atoms with Crippen LogP contribution < -0.4 is 5.32 Å². The second-order valence-corrected chi connectivity index (χ2v) is 5.29. The van der Waals surface area contributed by atoms with Crippen LogP contribution in [-0.2, 0) is 11.3 Å². The van der Waals surface area contributed by atoms with E-state index in [1.807, 2.05) is 25.1 Å². The van der Waals surface area contributed by atoms with Crippen molar-refractivity contribution in [2.75, 3.05) is 26.2 Å². The molecule has 2 aliphatic heterocycles. The Morgan fingerprint density at radius 3 is 3.28 bits per heavy atom. The molecule has 4 nitrogen and oxygen atoms in total. The van der Waals surface area contributed by atoms with E-state index in [0.717, 1.165) is 44.0 Å². The highest BCUT2D eigenvalue weighted by atomic mass is 16.5. The number of aryl methyl sites for hydroxylation is 1. The standard InChI is InChI=1S/C14H21N3O/c1-11-3-2-4-12(16-11)10-18-14-7-13-8-15-5-6-17(13)9-14/h2-4,13-15H,5-10H2,1H3. The van der Waals surface area contributed by atoms with Gasteiger partial charge in [0.15, 0.2) is 0 Å². The van der Waals surface area contributed by atoms with E-state index in [9.17, 15) is 0 Å². The van der Waals surface area contributed by atoms with Crippen LogP contribution >= 0.6 is 0 Å². The van der Waals surface area contributed by atoms with Crippen molar-refractivity contribution in [2.24, 2.45) is 0 Å². The molecule has 1 N–H and O–H groups in total. The van der Waals surface area contributed by atoms with Crippen molar-refractivity contribution in [3.8, 4) is 0 Å². The molecular formula is C14H21N3O. The maximum atomic E-state index is 6.00. The number of piperazine rings is 1. The Kier molecular flexibility index (Phi) is 3.59. The third-order valence-electron chi connectivity index (χ3n) is 3.86. The van der Waals surface area contributed by atoms with E-state index in [-0.39, 0.29) is 0 Å². The second-order valence-electron chi connectivity index (χ2n) is 5.29.